The van der Waals surface area contributed by atoms with Crippen molar-refractivity contribution in [1.82, 2.24) is 4.90 Å². The number of nitrogens with zero attached hydrogens (tertiary/aromatic N) is 1. The first-order valence-corrected chi connectivity index (χ1v) is 5.74. The van der Waals surface area contributed by atoms with Gasteiger partial charge in [-0.3, -0.25) is 4.79 Å². The molecule has 5 nitrogen and oxygen atoms in total. The molecule has 0 bridgehead atoms. The monoisotopic (exact) mass is 250 g/mol. The van der Waals surface area contributed by atoms with E-state index in [4.69, 9.17) is 10.8 Å². The molecule has 0 saturated carbocycles. The second kappa shape index (κ2) is 6.66. The molecule has 98 valence electrons. The Labute approximate surface area is 106 Å². The number of rotatable bonds is 5. The molecule has 0 saturated heterocycles. The number of nitrogen functional groups attached to an aromatic ring is 1. The summed E-state index contributed by atoms with van der Waals surface area (Å²) in [6.45, 7) is 2.60. The summed E-state index contributed by atoms with van der Waals surface area (Å²) in [5.74, 6) is -0.103. The SMILES string of the molecule is CCN(CCO)C(=O)/C=C/c1cc(O)ccc1N. The Morgan fingerprint density at radius 3 is 2.83 bits per heavy atom. The molecule has 0 radical (unpaired) electrons. The summed E-state index contributed by atoms with van der Waals surface area (Å²) in [6.07, 6.45) is 2.93. The predicted molar refractivity (Wildman–Crippen MR) is 70.9 cm³/mol. The summed E-state index contributed by atoms with van der Waals surface area (Å²) in [5, 5.41) is 18.1. The number of aliphatic hydroxyl groups is 1. The summed E-state index contributed by atoms with van der Waals surface area (Å²) in [7, 11) is 0. The quantitative estimate of drug-likeness (QED) is 0.410. The van der Waals surface area contributed by atoms with Crippen molar-refractivity contribution < 1.29 is 15.0 Å². The third-order valence-corrected chi connectivity index (χ3v) is 2.54. The van der Waals surface area contributed by atoms with Gasteiger partial charge in [0.05, 0.1) is 6.61 Å². The Balaban J connectivity index is 2.79. The maximum Gasteiger partial charge on any atom is 0.246 e. The number of likely N-dealkylation sites (N-methyl/N-ethyl adjacent to an activating group) is 1. The molecule has 0 fully saturated rings. The second-order valence-corrected chi connectivity index (χ2v) is 3.79. The zero-order valence-corrected chi connectivity index (χ0v) is 10.3. The van der Waals surface area contributed by atoms with Gasteiger partial charge in [0.1, 0.15) is 5.75 Å². The fourth-order valence-corrected chi connectivity index (χ4v) is 1.52. The zero-order valence-electron chi connectivity index (χ0n) is 10.3. The van der Waals surface area contributed by atoms with E-state index in [1.165, 1.54) is 23.1 Å². The summed E-state index contributed by atoms with van der Waals surface area (Å²) >= 11 is 0. The highest BCUT2D eigenvalue weighted by molar-refractivity contribution is 5.92. The minimum atomic E-state index is -0.200. The second-order valence-electron chi connectivity index (χ2n) is 3.79. The normalized spacial score (nSPS) is 10.8. The lowest BCUT2D eigenvalue weighted by Gasteiger charge is -2.17. The van der Waals surface area contributed by atoms with Crippen molar-refractivity contribution in [2.45, 2.75) is 6.92 Å². The average molecular weight is 250 g/mol. The van der Waals surface area contributed by atoms with Crippen molar-refractivity contribution in [3.63, 3.8) is 0 Å². The number of anilines is 1. The third-order valence-electron chi connectivity index (χ3n) is 2.54. The van der Waals surface area contributed by atoms with Crippen LogP contribution in [0.2, 0.25) is 0 Å². The molecule has 1 aromatic rings. The van der Waals surface area contributed by atoms with E-state index in [0.717, 1.165) is 0 Å². The molecule has 1 rings (SSSR count). The van der Waals surface area contributed by atoms with E-state index < -0.39 is 0 Å². The lowest BCUT2D eigenvalue weighted by molar-refractivity contribution is -0.126. The van der Waals surface area contributed by atoms with Crippen LogP contribution in [-0.2, 0) is 4.79 Å². The van der Waals surface area contributed by atoms with E-state index >= 15 is 0 Å². The minimum absolute atomic E-state index is 0.0678. The fraction of sp³-hybridized carbons (Fsp3) is 0.308. The molecule has 0 heterocycles. The predicted octanol–water partition coefficient (Wildman–Crippen LogP) is 0.828. The molecule has 0 spiro atoms. The summed E-state index contributed by atoms with van der Waals surface area (Å²) in [4.78, 5) is 13.3. The molecule has 0 aliphatic rings. The molecular weight excluding hydrogens is 232 g/mol. The molecule has 0 aromatic heterocycles. The highest BCUT2D eigenvalue weighted by Crippen LogP contribution is 2.19. The maximum atomic E-state index is 11.8. The van der Waals surface area contributed by atoms with Crippen LogP contribution in [0.15, 0.2) is 24.3 Å². The van der Waals surface area contributed by atoms with E-state index in [1.807, 2.05) is 6.92 Å². The lowest BCUT2D eigenvalue weighted by Crippen LogP contribution is -2.31. The summed E-state index contributed by atoms with van der Waals surface area (Å²) in [6, 6.07) is 4.55. The van der Waals surface area contributed by atoms with Crippen LogP contribution in [0, 0.1) is 0 Å². The third kappa shape index (κ3) is 3.78. The van der Waals surface area contributed by atoms with Gasteiger partial charge in [0, 0.05) is 30.4 Å². The van der Waals surface area contributed by atoms with Crippen LogP contribution in [-0.4, -0.2) is 40.7 Å². The Morgan fingerprint density at radius 2 is 2.22 bits per heavy atom. The maximum absolute atomic E-state index is 11.8. The van der Waals surface area contributed by atoms with Crippen LogP contribution in [0.1, 0.15) is 12.5 Å². The summed E-state index contributed by atoms with van der Waals surface area (Å²) < 4.78 is 0. The van der Waals surface area contributed by atoms with E-state index in [1.54, 1.807) is 12.1 Å². The number of hydrogen-bond acceptors (Lipinski definition) is 4. The number of nitrogens with two attached hydrogens (primary N) is 1. The minimum Gasteiger partial charge on any atom is -0.508 e. The Morgan fingerprint density at radius 1 is 1.50 bits per heavy atom. The van der Waals surface area contributed by atoms with Gasteiger partial charge in [-0.1, -0.05) is 0 Å². The van der Waals surface area contributed by atoms with Gasteiger partial charge >= 0.3 is 0 Å². The first-order valence-electron chi connectivity index (χ1n) is 5.74. The van der Waals surface area contributed by atoms with Gasteiger partial charge in [-0.2, -0.15) is 0 Å². The van der Waals surface area contributed by atoms with Crippen LogP contribution in [0.25, 0.3) is 6.08 Å². The number of phenols is 1. The first kappa shape index (κ1) is 14.1. The number of aromatic hydroxyl groups is 1. The molecule has 0 aliphatic carbocycles. The molecule has 0 aliphatic heterocycles. The highest BCUT2D eigenvalue weighted by Gasteiger charge is 2.07. The van der Waals surface area contributed by atoms with Gasteiger partial charge in [-0.15, -0.1) is 0 Å². The topological polar surface area (TPSA) is 86.8 Å². The van der Waals surface area contributed by atoms with Crippen molar-refractivity contribution in [3.8, 4) is 5.75 Å². The number of aliphatic hydroxyl groups excluding tert-OH is 1. The standard InChI is InChI=1S/C13H18N2O3/c1-2-15(7-8-16)13(18)6-3-10-9-11(17)4-5-12(10)14/h3-6,9,16-17H,2,7-8,14H2,1H3/b6-3+. The van der Waals surface area contributed by atoms with Crippen LogP contribution < -0.4 is 5.73 Å². The Bertz CT molecular complexity index is 444. The van der Waals surface area contributed by atoms with Crippen LogP contribution >= 0.6 is 0 Å². The molecule has 5 heteroatoms. The van der Waals surface area contributed by atoms with Crippen molar-refractivity contribution in [2.75, 3.05) is 25.4 Å². The van der Waals surface area contributed by atoms with E-state index in [2.05, 4.69) is 0 Å². The number of phenolic OH excluding ortho intramolecular Hbond substituents is 1. The van der Waals surface area contributed by atoms with Crippen molar-refractivity contribution in [1.29, 1.82) is 0 Å². The van der Waals surface area contributed by atoms with Gasteiger partial charge < -0.3 is 20.8 Å². The highest BCUT2D eigenvalue weighted by atomic mass is 16.3. The number of amides is 1. The van der Waals surface area contributed by atoms with Crippen LogP contribution in [0.3, 0.4) is 0 Å². The molecule has 4 N–H and O–H groups in total. The lowest BCUT2D eigenvalue weighted by atomic mass is 10.1. The molecule has 0 atom stereocenters. The number of carbonyl (C=O) groups is 1. The van der Waals surface area contributed by atoms with Crippen molar-refractivity contribution >= 4 is 17.7 Å². The van der Waals surface area contributed by atoms with E-state index in [-0.39, 0.29) is 18.3 Å². The molecule has 0 unspecified atom stereocenters. The van der Waals surface area contributed by atoms with Gasteiger partial charge in [0.15, 0.2) is 0 Å². The van der Waals surface area contributed by atoms with Gasteiger partial charge in [-0.25, -0.2) is 0 Å². The average Bonchev–Trinajstić information content (AvgIpc) is 2.36. The van der Waals surface area contributed by atoms with Crippen LogP contribution in [0.5, 0.6) is 5.75 Å². The smallest absolute Gasteiger partial charge is 0.246 e. The van der Waals surface area contributed by atoms with Crippen LogP contribution in [0.4, 0.5) is 5.69 Å². The molecule has 1 aromatic carbocycles. The summed E-state index contributed by atoms with van der Waals surface area (Å²) in [5.41, 5.74) is 6.79. The van der Waals surface area contributed by atoms with Gasteiger partial charge in [-0.05, 0) is 31.2 Å². The van der Waals surface area contributed by atoms with Crippen molar-refractivity contribution in [3.05, 3.63) is 29.8 Å². The van der Waals surface area contributed by atoms with Gasteiger partial charge in [0.2, 0.25) is 5.91 Å². The van der Waals surface area contributed by atoms with E-state index in [0.29, 0.717) is 24.3 Å². The molecular formula is C13H18N2O3. The Hall–Kier alpha value is -2.01. The zero-order chi connectivity index (χ0) is 13.5. The fourth-order valence-electron chi connectivity index (χ4n) is 1.52. The van der Waals surface area contributed by atoms with E-state index in [9.17, 15) is 9.90 Å². The van der Waals surface area contributed by atoms with Crippen molar-refractivity contribution in [2.24, 2.45) is 0 Å². The van der Waals surface area contributed by atoms with Gasteiger partial charge in [0.25, 0.3) is 0 Å². The largest absolute Gasteiger partial charge is 0.508 e. The first-order chi connectivity index (χ1) is 8.58. The number of benzene rings is 1. The number of carbonyl (C=O) groups excluding carboxylic acids is 1. The molecule has 1 amide bonds. The number of hydrogen-bond donors (Lipinski definition) is 3. The molecule has 18 heavy (non-hydrogen) atoms. The Kier molecular flexibility index (Phi) is 5.20.